The van der Waals surface area contributed by atoms with E-state index < -0.39 is 0 Å². The van der Waals surface area contributed by atoms with E-state index in [-0.39, 0.29) is 12.6 Å². The van der Waals surface area contributed by atoms with Crippen molar-refractivity contribution in [1.29, 1.82) is 5.26 Å². The molecule has 0 atom stereocenters. The van der Waals surface area contributed by atoms with Gasteiger partial charge in [-0.25, -0.2) is 4.98 Å². The Hall–Kier alpha value is -1.63. The molecule has 1 aliphatic heterocycles. The van der Waals surface area contributed by atoms with Crippen molar-refractivity contribution in [3.63, 3.8) is 0 Å². The van der Waals surface area contributed by atoms with Crippen LogP contribution in [0.2, 0.25) is 0 Å². The van der Waals surface area contributed by atoms with Crippen molar-refractivity contribution in [3.05, 3.63) is 23.9 Å². The molecule has 72 valence electrons. The topological polar surface area (TPSA) is 39.9 Å². The Morgan fingerprint density at radius 1 is 1.64 bits per heavy atom. The van der Waals surface area contributed by atoms with Gasteiger partial charge in [0.05, 0.1) is 18.3 Å². The first kappa shape index (κ1) is 8.95. The molecule has 1 aromatic rings. The first-order valence-corrected chi connectivity index (χ1v) is 4.50. The highest BCUT2D eigenvalue weighted by atomic mass is 19.1. The zero-order chi connectivity index (χ0) is 9.97. The van der Waals surface area contributed by atoms with Gasteiger partial charge in [-0.1, -0.05) is 0 Å². The molecule has 0 bridgehead atoms. The third-order valence-corrected chi connectivity index (χ3v) is 2.37. The number of pyridine rings is 1. The van der Waals surface area contributed by atoms with Crippen molar-refractivity contribution in [3.8, 4) is 6.07 Å². The van der Waals surface area contributed by atoms with Crippen LogP contribution >= 0.6 is 0 Å². The molecule has 0 saturated carbocycles. The van der Waals surface area contributed by atoms with Gasteiger partial charge in [-0.3, -0.25) is 4.39 Å². The van der Waals surface area contributed by atoms with E-state index in [1.54, 1.807) is 18.3 Å². The minimum absolute atomic E-state index is 0.141. The van der Waals surface area contributed by atoms with E-state index in [1.807, 2.05) is 4.90 Å². The standard InChI is InChI=1S/C10H10FN3/c11-4-9-6-14(7-9)10-3-8(5-12)1-2-13-10/h1-3,9H,4,6-7H2. The van der Waals surface area contributed by atoms with E-state index in [0.29, 0.717) is 18.7 Å². The number of anilines is 1. The fourth-order valence-corrected chi connectivity index (χ4v) is 1.52. The van der Waals surface area contributed by atoms with Crippen molar-refractivity contribution in [2.45, 2.75) is 0 Å². The van der Waals surface area contributed by atoms with Crippen molar-refractivity contribution >= 4 is 5.82 Å². The van der Waals surface area contributed by atoms with E-state index in [1.165, 1.54) is 0 Å². The second-order valence-electron chi connectivity index (χ2n) is 3.44. The lowest BCUT2D eigenvalue weighted by atomic mass is 10.0. The summed E-state index contributed by atoms with van der Waals surface area (Å²) in [5.74, 6) is 0.913. The second-order valence-corrected chi connectivity index (χ2v) is 3.44. The molecular formula is C10H10FN3. The Morgan fingerprint density at radius 2 is 2.43 bits per heavy atom. The molecule has 2 rings (SSSR count). The third-order valence-electron chi connectivity index (χ3n) is 2.37. The van der Waals surface area contributed by atoms with E-state index in [9.17, 15) is 4.39 Å². The number of rotatable bonds is 2. The van der Waals surface area contributed by atoms with Gasteiger partial charge in [-0.05, 0) is 12.1 Å². The highest BCUT2D eigenvalue weighted by Gasteiger charge is 2.27. The quantitative estimate of drug-likeness (QED) is 0.708. The number of nitrogens with zero attached hydrogens (tertiary/aromatic N) is 3. The lowest BCUT2D eigenvalue weighted by Crippen LogP contribution is -2.48. The van der Waals surface area contributed by atoms with Crippen LogP contribution in [0.4, 0.5) is 10.2 Å². The minimum atomic E-state index is -0.269. The predicted molar refractivity (Wildman–Crippen MR) is 50.6 cm³/mol. The molecule has 0 unspecified atom stereocenters. The molecule has 1 saturated heterocycles. The Labute approximate surface area is 81.8 Å². The van der Waals surface area contributed by atoms with Crippen LogP contribution in [-0.4, -0.2) is 24.7 Å². The van der Waals surface area contributed by atoms with E-state index in [0.717, 1.165) is 5.82 Å². The van der Waals surface area contributed by atoms with Gasteiger partial charge in [0.2, 0.25) is 0 Å². The van der Waals surface area contributed by atoms with Gasteiger partial charge in [-0.15, -0.1) is 0 Å². The number of hydrogen-bond donors (Lipinski definition) is 0. The Bertz CT molecular complexity index is 366. The zero-order valence-corrected chi connectivity index (χ0v) is 7.65. The van der Waals surface area contributed by atoms with E-state index in [4.69, 9.17) is 5.26 Å². The molecule has 0 N–H and O–H groups in total. The summed E-state index contributed by atoms with van der Waals surface area (Å²) in [6, 6.07) is 5.45. The average Bonchev–Trinajstić information content (AvgIpc) is 2.17. The summed E-state index contributed by atoms with van der Waals surface area (Å²) in [6.07, 6.45) is 1.61. The zero-order valence-electron chi connectivity index (χ0n) is 7.65. The van der Waals surface area contributed by atoms with Gasteiger partial charge < -0.3 is 4.90 Å². The summed E-state index contributed by atoms with van der Waals surface area (Å²) >= 11 is 0. The lowest BCUT2D eigenvalue weighted by molar-refractivity contribution is 0.305. The molecule has 1 aromatic heterocycles. The van der Waals surface area contributed by atoms with E-state index in [2.05, 4.69) is 11.1 Å². The van der Waals surface area contributed by atoms with Gasteiger partial charge in [0.25, 0.3) is 0 Å². The maximum absolute atomic E-state index is 12.2. The van der Waals surface area contributed by atoms with Gasteiger partial charge in [0.1, 0.15) is 5.82 Å². The summed E-state index contributed by atoms with van der Waals surface area (Å²) in [5.41, 5.74) is 0.596. The van der Waals surface area contributed by atoms with Crippen LogP contribution in [0.3, 0.4) is 0 Å². The average molecular weight is 191 g/mol. The monoisotopic (exact) mass is 191 g/mol. The van der Waals surface area contributed by atoms with Crippen LogP contribution in [0.1, 0.15) is 5.56 Å². The Balaban J connectivity index is 2.08. The highest BCUT2D eigenvalue weighted by Crippen LogP contribution is 2.23. The summed E-state index contributed by atoms with van der Waals surface area (Å²) in [5, 5.41) is 8.68. The molecule has 0 radical (unpaired) electrons. The molecule has 1 fully saturated rings. The number of nitriles is 1. The van der Waals surface area contributed by atoms with Crippen LogP contribution in [0, 0.1) is 17.2 Å². The molecule has 0 aliphatic carbocycles. The summed E-state index contributed by atoms with van der Waals surface area (Å²) in [6.45, 7) is 1.14. The molecule has 14 heavy (non-hydrogen) atoms. The highest BCUT2D eigenvalue weighted by molar-refractivity contribution is 5.46. The first-order valence-electron chi connectivity index (χ1n) is 4.50. The molecule has 1 aliphatic rings. The van der Waals surface area contributed by atoms with Crippen molar-refractivity contribution in [1.82, 2.24) is 4.98 Å². The van der Waals surface area contributed by atoms with Gasteiger partial charge >= 0.3 is 0 Å². The third kappa shape index (κ3) is 1.53. The van der Waals surface area contributed by atoms with Crippen molar-refractivity contribution < 1.29 is 4.39 Å². The largest absolute Gasteiger partial charge is 0.356 e. The van der Waals surface area contributed by atoms with Crippen LogP contribution < -0.4 is 4.90 Å². The number of halogens is 1. The fraction of sp³-hybridized carbons (Fsp3) is 0.400. The number of aromatic nitrogens is 1. The summed E-state index contributed by atoms with van der Waals surface area (Å²) < 4.78 is 12.2. The van der Waals surface area contributed by atoms with Crippen molar-refractivity contribution in [2.75, 3.05) is 24.7 Å². The van der Waals surface area contributed by atoms with Gasteiger partial charge in [0, 0.05) is 25.2 Å². The normalized spacial score (nSPS) is 16.1. The van der Waals surface area contributed by atoms with Crippen LogP contribution in [-0.2, 0) is 0 Å². The Morgan fingerprint density at radius 3 is 3.07 bits per heavy atom. The SMILES string of the molecule is N#Cc1ccnc(N2CC(CF)C2)c1. The molecule has 3 nitrogen and oxygen atoms in total. The lowest BCUT2D eigenvalue weighted by Gasteiger charge is -2.38. The van der Waals surface area contributed by atoms with Crippen LogP contribution in [0.5, 0.6) is 0 Å². The molecule has 4 heteroatoms. The predicted octanol–water partition coefficient (Wildman–Crippen LogP) is 1.36. The second kappa shape index (κ2) is 3.62. The maximum Gasteiger partial charge on any atom is 0.129 e. The molecule has 0 spiro atoms. The van der Waals surface area contributed by atoms with Gasteiger partial charge in [-0.2, -0.15) is 5.26 Å². The molecule has 0 aromatic carbocycles. The number of hydrogen-bond acceptors (Lipinski definition) is 3. The van der Waals surface area contributed by atoms with Crippen LogP contribution in [0.25, 0.3) is 0 Å². The first-order chi connectivity index (χ1) is 6.83. The van der Waals surface area contributed by atoms with Gasteiger partial charge in [0.15, 0.2) is 0 Å². The molecular weight excluding hydrogens is 181 g/mol. The maximum atomic E-state index is 12.2. The molecule has 2 heterocycles. The summed E-state index contributed by atoms with van der Waals surface area (Å²) in [7, 11) is 0. The summed E-state index contributed by atoms with van der Waals surface area (Å²) in [4.78, 5) is 6.11. The van der Waals surface area contributed by atoms with Crippen LogP contribution in [0.15, 0.2) is 18.3 Å². The number of alkyl halides is 1. The van der Waals surface area contributed by atoms with Crippen molar-refractivity contribution in [2.24, 2.45) is 5.92 Å². The fourth-order valence-electron chi connectivity index (χ4n) is 1.52. The molecule has 0 amide bonds. The minimum Gasteiger partial charge on any atom is -0.356 e. The Kier molecular flexibility index (Phi) is 2.32. The van der Waals surface area contributed by atoms with E-state index >= 15 is 0 Å². The smallest absolute Gasteiger partial charge is 0.129 e.